The molecule has 4 rings (SSSR count). The monoisotopic (exact) mass is 575 g/mol. The number of hydrogen-bond donors (Lipinski definition) is 1. The minimum atomic E-state index is -2.11. The molecule has 0 unspecified atom stereocenters. The van der Waals surface area contributed by atoms with Gasteiger partial charge in [0.05, 0.1) is 16.9 Å². The molecule has 0 bridgehead atoms. The summed E-state index contributed by atoms with van der Waals surface area (Å²) in [7, 11) is -0.271. The number of nitriles is 1. The van der Waals surface area contributed by atoms with Gasteiger partial charge in [-0.05, 0) is 62.7 Å². The van der Waals surface area contributed by atoms with Crippen LogP contribution in [0.25, 0.3) is 11.3 Å². The number of fused-ring (bicyclic) bond motifs is 1. The zero-order valence-electron chi connectivity index (χ0n) is 25.8. The standard InChI is InChI=1S/C30H41N7O3Si/c1-28(2,3)40-27(38)37-18-30(7,19-39-41(9,10)29(4,5)6)22-16-20(15-21(17-31)25(22)37)23-11-13-32-26(33-23)34-24-12-14-36(8)35-24/h11-16H,18-19H2,1-10H3,(H,32,33,34,35)/t30-/m1/s1. The van der Waals surface area contributed by atoms with Gasteiger partial charge in [0, 0.05) is 49.6 Å². The maximum absolute atomic E-state index is 13.4. The molecule has 1 N–H and O–H groups in total. The first-order valence-electron chi connectivity index (χ1n) is 13.8. The van der Waals surface area contributed by atoms with Gasteiger partial charge in [-0.1, -0.05) is 27.7 Å². The van der Waals surface area contributed by atoms with Crippen LogP contribution in [0.5, 0.6) is 0 Å². The highest BCUT2D eigenvalue weighted by molar-refractivity contribution is 6.74. The lowest BCUT2D eigenvalue weighted by atomic mass is 9.83. The van der Waals surface area contributed by atoms with Crippen molar-refractivity contribution in [2.24, 2.45) is 7.05 Å². The molecule has 0 spiro atoms. The Bertz CT molecular complexity index is 1500. The van der Waals surface area contributed by atoms with Crippen LogP contribution in [-0.2, 0) is 21.6 Å². The maximum Gasteiger partial charge on any atom is 0.414 e. The van der Waals surface area contributed by atoms with E-state index < -0.39 is 25.4 Å². The van der Waals surface area contributed by atoms with Crippen molar-refractivity contribution < 1.29 is 14.0 Å². The van der Waals surface area contributed by atoms with E-state index in [2.05, 4.69) is 62.3 Å². The van der Waals surface area contributed by atoms with Crippen LogP contribution >= 0.6 is 0 Å². The Morgan fingerprint density at radius 3 is 2.49 bits per heavy atom. The lowest BCUT2D eigenvalue weighted by Gasteiger charge is -2.39. The summed E-state index contributed by atoms with van der Waals surface area (Å²) in [5.41, 5.74) is 1.92. The Hall–Kier alpha value is -3.75. The largest absolute Gasteiger partial charge is 0.443 e. The van der Waals surface area contributed by atoms with Crippen LogP contribution < -0.4 is 10.2 Å². The van der Waals surface area contributed by atoms with Crippen molar-refractivity contribution in [2.45, 2.75) is 77.6 Å². The molecule has 1 aliphatic rings. The quantitative estimate of drug-likeness (QED) is 0.330. The number of anilines is 3. The van der Waals surface area contributed by atoms with Gasteiger partial charge in [0.25, 0.3) is 0 Å². The molecular weight excluding hydrogens is 534 g/mol. The van der Waals surface area contributed by atoms with Crippen LogP contribution in [0.2, 0.25) is 18.1 Å². The van der Waals surface area contributed by atoms with E-state index in [4.69, 9.17) is 14.1 Å². The molecule has 1 aromatic carbocycles. The van der Waals surface area contributed by atoms with E-state index in [9.17, 15) is 10.1 Å². The van der Waals surface area contributed by atoms with E-state index in [0.29, 0.717) is 41.9 Å². The number of rotatable bonds is 6. The lowest BCUT2D eigenvalue weighted by molar-refractivity contribution is 0.0575. The molecule has 2 aromatic heterocycles. The minimum Gasteiger partial charge on any atom is -0.443 e. The van der Waals surface area contributed by atoms with Crippen LogP contribution in [0.3, 0.4) is 0 Å². The molecule has 10 nitrogen and oxygen atoms in total. The number of ether oxygens (including phenoxy) is 1. The molecule has 11 heteroatoms. The van der Waals surface area contributed by atoms with Crippen LogP contribution in [0, 0.1) is 11.3 Å². The Labute approximate surface area is 243 Å². The predicted octanol–water partition coefficient (Wildman–Crippen LogP) is 6.53. The molecule has 1 amide bonds. The first-order valence-corrected chi connectivity index (χ1v) is 16.7. The summed E-state index contributed by atoms with van der Waals surface area (Å²) in [6, 6.07) is 9.74. The second kappa shape index (κ2) is 10.6. The third kappa shape index (κ3) is 6.44. The number of nitrogens with one attached hydrogen (secondary N) is 1. The van der Waals surface area contributed by atoms with E-state index in [1.165, 1.54) is 0 Å². The molecule has 218 valence electrons. The SMILES string of the molecule is Cn1ccc(Nc2nccc(-c3cc(C#N)c4c(c3)[C@@](C)(CO[Si](C)(C)C(C)(C)C)CN4C(=O)OC(C)(C)C)n2)n1. The lowest BCUT2D eigenvalue weighted by Crippen LogP contribution is -2.46. The number of nitrogens with zero attached hydrogens (tertiary/aromatic N) is 6. The Balaban J connectivity index is 1.79. The normalized spacial score (nSPS) is 17.2. The average molecular weight is 576 g/mol. The fourth-order valence-corrected chi connectivity index (χ4v) is 5.57. The van der Waals surface area contributed by atoms with Crippen molar-refractivity contribution in [1.82, 2.24) is 19.7 Å². The van der Waals surface area contributed by atoms with Gasteiger partial charge in [0.15, 0.2) is 14.1 Å². The van der Waals surface area contributed by atoms with Crippen LogP contribution in [0.4, 0.5) is 22.2 Å². The number of carbonyl (C=O) groups is 1. The fraction of sp³-hybridized carbons (Fsp3) is 0.500. The minimum absolute atomic E-state index is 0.0211. The Kier molecular flexibility index (Phi) is 7.79. The number of aromatic nitrogens is 4. The maximum atomic E-state index is 13.4. The van der Waals surface area contributed by atoms with Gasteiger partial charge in [-0.15, -0.1) is 0 Å². The van der Waals surface area contributed by atoms with Gasteiger partial charge in [-0.25, -0.2) is 14.8 Å². The van der Waals surface area contributed by atoms with E-state index >= 15 is 0 Å². The zero-order chi connectivity index (χ0) is 30.4. The molecule has 3 heterocycles. The van der Waals surface area contributed by atoms with Gasteiger partial charge in [0.2, 0.25) is 5.95 Å². The third-order valence-corrected chi connectivity index (χ3v) is 12.2. The Morgan fingerprint density at radius 2 is 1.90 bits per heavy atom. The van der Waals surface area contributed by atoms with E-state index in [-0.39, 0.29) is 5.04 Å². The summed E-state index contributed by atoms with van der Waals surface area (Å²) in [5, 5.41) is 17.8. The summed E-state index contributed by atoms with van der Waals surface area (Å²) in [4.78, 5) is 24.1. The molecule has 0 radical (unpaired) electrons. The van der Waals surface area contributed by atoms with Crippen molar-refractivity contribution in [2.75, 3.05) is 23.4 Å². The number of hydrogen-bond acceptors (Lipinski definition) is 8. The highest BCUT2D eigenvalue weighted by atomic mass is 28.4. The van der Waals surface area contributed by atoms with Crippen LogP contribution in [0.1, 0.15) is 59.6 Å². The van der Waals surface area contributed by atoms with Gasteiger partial charge >= 0.3 is 6.09 Å². The summed E-state index contributed by atoms with van der Waals surface area (Å²) in [6.07, 6.45) is 3.01. The van der Waals surface area contributed by atoms with E-state index in [1.54, 1.807) is 27.9 Å². The number of amides is 1. The summed E-state index contributed by atoms with van der Waals surface area (Å²) in [6.45, 7) is 19.4. The van der Waals surface area contributed by atoms with Gasteiger partial charge in [-0.3, -0.25) is 9.58 Å². The molecule has 1 aliphatic heterocycles. The first-order chi connectivity index (χ1) is 18.9. The van der Waals surface area contributed by atoms with Crippen molar-refractivity contribution >= 4 is 31.9 Å². The molecule has 0 saturated heterocycles. The molecule has 0 fully saturated rings. The van der Waals surface area contributed by atoms with Crippen molar-refractivity contribution in [1.29, 1.82) is 5.26 Å². The van der Waals surface area contributed by atoms with Gasteiger partial charge in [0.1, 0.15) is 11.7 Å². The van der Waals surface area contributed by atoms with Crippen molar-refractivity contribution in [3.63, 3.8) is 0 Å². The summed E-state index contributed by atoms with van der Waals surface area (Å²) in [5.74, 6) is 1.01. The second-order valence-electron chi connectivity index (χ2n) is 13.5. The van der Waals surface area contributed by atoms with Crippen LogP contribution in [-0.4, -0.2) is 52.9 Å². The molecule has 0 saturated carbocycles. The van der Waals surface area contributed by atoms with Crippen LogP contribution in [0.15, 0.2) is 36.7 Å². The van der Waals surface area contributed by atoms with Crippen molar-refractivity contribution in [3.8, 4) is 17.3 Å². The highest BCUT2D eigenvalue weighted by Gasteiger charge is 2.47. The number of carbonyl (C=O) groups excluding carboxylic acids is 1. The molecule has 41 heavy (non-hydrogen) atoms. The van der Waals surface area contributed by atoms with E-state index in [0.717, 1.165) is 11.1 Å². The Morgan fingerprint density at radius 1 is 1.20 bits per heavy atom. The topological polar surface area (TPSA) is 118 Å². The zero-order valence-corrected chi connectivity index (χ0v) is 26.8. The highest BCUT2D eigenvalue weighted by Crippen LogP contribution is 2.47. The van der Waals surface area contributed by atoms with E-state index in [1.807, 2.05) is 46.1 Å². The molecule has 3 aromatic rings. The predicted molar refractivity (Wildman–Crippen MR) is 163 cm³/mol. The molecule has 1 atom stereocenters. The third-order valence-electron chi connectivity index (χ3n) is 7.73. The molecular formula is C30H41N7O3Si. The van der Waals surface area contributed by atoms with Gasteiger partial charge < -0.3 is 14.5 Å². The molecule has 0 aliphatic carbocycles. The summed E-state index contributed by atoms with van der Waals surface area (Å²) >= 11 is 0. The number of aryl methyl sites for hydroxylation is 1. The smallest absolute Gasteiger partial charge is 0.414 e. The second-order valence-corrected chi connectivity index (χ2v) is 18.3. The number of benzene rings is 1. The fourth-order valence-electron chi connectivity index (χ4n) is 4.46. The van der Waals surface area contributed by atoms with Gasteiger partial charge in [-0.2, -0.15) is 10.4 Å². The van der Waals surface area contributed by atoms with Crippen molar-refractivity contribution in [3.05, 3.63) is 47.8 Å². The summed E-state index contributed by atoms with van der Waals surface area (Å²) < 4.78 is 14.2. The average Bonchev–Trinajstić information content (AvgIpc) is 3.41. The first kappa shape index (κ1) is 30.2.